The lowest BCUT2D eigenvalue weighted by Gasteiger charge is -2.14. The van der Waals surface area contributed by atoms with Crippen molar-refractivity contribution in [3.63, 3.8) is 0 Å². The number of nitrogens with one attached hydrogen (secondary N) is 1. The Morgan fingerprint density at radius 3 is 2.52 bits per heavy atom. The zero-order valence-corrected chi connectivity index (χ0v) is 14.7. The van der Waals surface area contributed by atoms with Crippen LogP contribution >= 0.6 is 39.1 Å². The Morgan fingerprint density at radius 1 is 1.19 bits per heavy atom. The van der Waals surface area contributed by atoms with Crippen molar-refractivity contribution in [3.05, 3.63) is 50.4 Å². The third-order valence-corrected chi connectivity index (χ3v) is 5.49. The number of nitrogen functional groups attached to an aromatic ring is 1. The summed E-state index contributed by atoms with van der Waals surface area (Å²) in [5.74, 6) is 0. The first-order chi connectivity index (χ1) is 9.72. The molecular formula is C13H11BrCl2N2O2S. The van der Waals surface area contributed by atoms with Gasteiger partial charge in [-0.25, -0.2) is 8.42 Å². The van der Waals surface area contributed by atoms with Gasteiger partial charge in [0.05, 0.1) is 21.4 Å². The third kappa shape index (κ3) is 3.45. The van der Waals surface area contributed by atoms with Gasteiger partial charge in [0.15, 0.2) is 0 Å². The summed E-state index contributed by atoms with van der Waals surface area (Å²) in [6.45, 7) is 1.75. The van der Waals surface area contributed by atoms with Gasteiger partial charge < -0.3 is 5.73 Å². The third-order valence-electron chi connectivity index (χ3n) is 2.79. The van der Waals surface area contributed by atoms with Crippen LogP contribution in [0.2, 0.25) is 10.0 Å². The normalized spacial score (nSPS) is 11.4. The average Bonchev–Trinajstić information content (AvgIpc) is 2.42. The highest BCUT2D eigenvalue weighted by Gasteiger charge is 2.21. The van der Waals surface area contributed by atoms with Crippen molar-refractivity contribution in [2.24, 2.45) is 0 Å². The first kappa shape index (κ1) is 16.4. The standard InChI is InChI=1S/C13H11BrCl2N2O2S/c1-7-2-4-9(15)13(12(7)16)18-21(19,20)11-6-8(14)3-5-10(11)17/h2-6,18H,17H2,1H3. The summed E-state index contributed by atoms with van der Waals surface area (Å²) < 4.78 is 27.9. The summed E-state index contributed by atoms with van der Waals surface area (Å²) in [7, 11) is -3.90. The highest BCUT2D eigenvalue weighted by molar-refractivity contribution is 9.10. The zero-order chi connectivity index (χ0) is 15.8. The predicted octanol–water partition coefficient (Wildman–Crippen LogP) is 4.45. The second kappa shape index (κ2) is 6.04. The van der Waals surface area contributed by atoms with Gasteiger partial charge in [-0.1, -0.05) is 45.2 Å². The molecule has 0 spiro atoms. The molecule has 2 rings (SSSR count). The largest absolute Gasteiger partial charge is 0.398 e. The van der Waals surface area contributed by atoms with Crippen LogP contribution in [0.1, 0.15) is 5.56 Å². The Morgan fingerprint density at radius 2 is 1.86 bits per heavy atom. The molecule has 2 aromatic carbocycles. The van der Waals surface area contributed by atoms with Crippen LogP contribution in [0.25, 0.3) is 0 Å². The number of hydrogen-bond acceptors (Lipinski definition) is 3. The Bertz CT molecular complexity index is 810. The van der Waals surface area contributed by atoms with Crippen molar-refractivity contribution in [2.45, 2.75) is 11.8 Å². The average molecular weight is 410 g/mol. The number of sulfonamides is 1. The maximum Gasteiger partial charge on any atom is 0.264 e. The van der Waals surface area contributed by atoms with E-state index >= 15 is 0 Å². The van der Waals surface area contributed by atoms with E-state index in [4.69, 9.17) is 28.9 Å². The van der Waals surface area contributed by atoms with Gasteiger partial charge in [-0.2, -0.15) is 0 Å². The zero-order valence-electron chi connectivity index (χ0n) is 10.8. The van der Waals surface area contributed by atoms with Crippen LogP contribution in [0.15, 0.2) is 39.7 Å². The van der Waals surface area contributed by atoms with Gasteiger partial charge in [0, 0.05) is 4.47 Å². The lowest BCUT2D eigenvalue weighted by molar-refractivity contribution is 0.601. The summed E-state index contributed by atoms with van der Waals surface area (Å²) in [6.07, 6.45) is 0. The minimum atomic E-state index is -3.90. The highest BCUT2D eigenvalue weighted by Crippen LogP contribution is 2.35. The fraction of sp³-hybridized carbons (Fsp3) is 0.0769. The maximum absolute atomic E-state index is 12.5. The van der Waals surface area contributed by atoms with E-state index in [-0.39, 0.29) is 26.3 Å². The minimum Gasteiger partial charge on any atom is -0.398 e. The van der Waals surface area contributed by atoms with Gasteiger partial charge in [-0.3, -0.25) is 4.72 Å². The quantitative estimate of drug-likeness (QED) is 0.735. The maximum atomic E-state index is 12.5. The number of aryl methyl sites for hydroxylation is 1. The molecule has 0 fully saturated rings. The van der Waals surface area contributed by atoms with Gasteiger partial charge >= 0.3 is 0 Å². The predicted molar refractivity (Wildman–Crippen MR) is 90.6 cm³/mol. The van der Waals surface area contributed by atoms with Gasteiger partial charge in [0.25, 0.3) is 10.0 Å². The molecule has 0 unspecified atom stereocenters. The lowest BCUT2D eigenvalue weighted by atomic mass is 10.2. The molecule has 21 heavy (non-hydrogen) atoms. The van der Waals surface area contributed by atoms with E-state index in [2.05, 4.69) is 20.7 Å². The van der Waals surface area contributed by atoms with Gasteiger partial charge in [0.1, 0.15) is 4.90 Å². The number of nitrogens with two attached hydrogens (primary N) is 1. The second-order valence-corrected chi connectivity index (χ2v) is 7.69. The molecule has 0 saturated carbocycles. The van der Waals surface area contributed by atoms with E-state index in [0.717, 1.165) is 0 Å². The molecule has 0 bridgehead atoms. The Hall–Kier alpha value is -0.950. The molecule has 0 amide bonds. The molecule has 0 saturated heterocycles. The fourth-order valence-electron chi connectivity index (χ4n) is 1.68. The van der Waals surface area contributed by atoms with E-state index in [9.17, 15) is 8.42 Å². The topological polar surface area (TPSA) is 72.2 Å². The van der Waals surface area contributed by atoms with Crippen molar-refractivity contribution >= 4 is 60.5 Å². The van der Waals surface area contributed by atoms with Crippen LogP contribution in [-0.4, -0.2) is 8.42 Å². The van der Waals surface area contributed by atoms with E-state index in [0.29, 0.717) is 10.0 Å². The van der Waals surface area contributed by atoms with Crippen LogP contribution in [0.4, 0.5) is 11.4 Å². The number of anilines is 2. The van der Waals surface area contributed by atoms with E-state index in [1.807, 2.05) is 0 Å². The molecule has 3 N–H and O–H groups in total. The summed E-state index contributed by atoms with van der Waals surface area (Å²) in [5.41, 5.74) is 6.71. The van der Waals surface area contributed by atoms with Crippen LogP contribution in [0.5, 0.6) is 0 Å². The first-order valence-corrected chi connectivity index (χ1v) is 8.78. The number of hydrogen-bond donors (Lipinski definition) is 2. The summed E-state index contributed by atoms with van der Waals surface area (Å²) in [5, 5.41) is 0.461. The van der Waals surface area contributed by atoms with Gasteiger partial charge in [0.2, 0.25) is 0 Å². The SMILES string of the molecule is Cc1ccc(Cl)c(NS(=O)(=O)c2cc(Br)ccc2N)c1Cl. The molecule has 0 radical (unpaired) electrons. The van der Waals surface area contributed by atoms with Crippen LogP contribution in [0.3, 0.4) is 0 Å². The second-order valence-electron chi connectivity index (χ2n) is 4.34. The van der Waals surface area contributed by atoms with Crippen molar-refractivity contribution < 1.29 is 8.42 Å². The van der Waals surface area contributed by atoms with Gasteiger partial charge in [-0.05, 0) is 36.8 Å². The molecule has 4 nitrogen and oxygen atoms in total. The number of rotatable bonds is 3. The van der Waals surface area contributed by atoms with Crippen molar-refractivity contribution in [1.29, 1.82) is 0 Å². The van der Waals surface area contributed by atoms with Crippen molar-refractivity contribution in [3.8, 4) is 0 Å². The number of benzene rings is 2. The molecule has 0 aliphatic heterocycles. The van der Waals surface area contributed by atoms with Crippen LogP contribution < -0.4 is 10.5 Å². The molecule has 0 heterocycles. The van der Waals surface area contributed by atoms with E-state index in [1.54, 1.807) is 25.1 Å². The Kier molecular flexibility index (Phi) is 4.72. The van der Waals surface area contributed by atoms with E-state index < -0.39 is 10.0 Å². The first-order valence-electron chi connectivity index (χ1n) is 5.75. The lowest BCUT2D eigenvalue weighted by Crippen LogP contribution is -2.15. The van der Waals surface area contributed by atoms with Crippen LogP contribution in [0, 0.1) is 6.92 Å². The molecule has 0 aliphatic rings. The highest BCUT2D eigenvalue weighted by atomic mass is 79.9. The van der Waals surface area contributed by atoms with E-state index in [1.165, 1.54) is 12.1 Å². The molecule has 0 aromatic heterocycles. The Labute approximate surface area is 141 Å². The molecular weight excluding hydrogens is 399 g/mol. The summed E-state index contributed by atoms with van der Waals surface area (Å²) >= 11 is 15.3. The molecule has 8 heteroatoms. The number of halogens is 3. The Balaban J connectivity index is 2.53. The molecule has 2 aromatic rings. The summed E-state index contributed by atoms with van der Waals surface area (Å²) in [4.78, 5) is -0.0504. The van der Waals surface area contributed by atoms with Crippen molar-refractivity contribution in [2.75, 3.05) is 10.5 Å². The summed E-state index contributed by atoms with van der Waals surface area (Å²) in [6, 6.07) is 7.84. The molecule has 0 atom stereocenters. The van der Waals surface area contributed by atoms with Crippen LogP contribution in [-0.2, 0) is 10.0 Å². The van der Waals surface area contributed by atoms with Crippen molar-refractivity contribution in [1.82, 2.24) is 0 Å². The molecule has 0 aliphatic carbocycles. The monoisotopic (exact) mass is 408 g/mol. The fourth-order valence-corrected chi connectivity index (χ4v) is 4.02. The smallest absolute Gasteiger partial charge is 0.264 e. The van der Waals surface area contributed by atoms with Gasteiger partial charge in [-0.15, -0.1) is 0 Å². The minimum absolute atomic E-state index is 0.0504. The molecule has 112 valence electrons.